The molecule has 0 bridgehead atoms. The third kappa shape index (κ3) is 87.0. The Bertz CT molecular complexity index is 2550. The molecule has 0 aromatic heterocycles. The van der Waals surface area contributed by atoms with E-state index < -0.39 is 0 Å². The third-order valence-corrected chi connectivity index (χ3v) is 28.2. The van der Waals surface area contributed by atoms with Crippen LogP contribution in [0.4, 0.5) is 0 Å². The van der Waals surface area contributed by atoms with Gasteiger partial charge in [-0.25, -0.2) is 0 Å². The molecule has 22 nitrogen and oxygen atoms in total. The third-order valence-electron chi connectivity index (χ3n) is 28.2. The molecule has 9 saturated heterocycles. The Morgan fingerprint density at radius 1 is 0.232 bits per heavy atom. The first-order valence-electron chi connectivity index (χ1n) is 57.7. The molecule has 0 radical (unpaired) electrons. The van der Waals surface area contributed by atoms with Crippen LogP contribution in [0.5, 0.6) is 0 Å². The molecule has 8 N–H and O–H groups in total. The fourth-order valence-electron chi connectivity index (χ4n) is 18.6. The van der Waals surface area contributed by atoms with E-state index in [1.165, 1.54) is 364 Å². The number of piperazine rings is 4. The van der Waals surface area contributed by atoms with Gasteiger partial charge in [-0.15, -0.1) is 0 Å². The molecule has 11 rings (SSSR count). The largest absolute Gasteiger partial charge is 0.375 e. The van der Waals surface area contributed by atoms with Crippen LogP contribution in [0, 0.1) is 28.6 Å². The summed E-state index contributed by atoms with van der Waals surface area (Å²) in [7, 11) is 17.6. The molecular formula is C116H253N21O. The van der Waals surface area contributed by atoms with Gasteiger partial charge in [0.2, 0.25) is 0 Å². The standard InChI is InChI=1S/C11H24N2O.4C11H24N2.C11H23N.C10H23N3.3C10H22N2.C10H21N/c1-11(2,3)14-10-9-13-7-5-12(4)6-8-13;2*1-11(2,3)12-9-10-5-7-13(4)8-6-10;2*1-11(2,3)5-6-13-9-7-12(4)8-10-13;1-11(2,3)12-9-10-7-5-4-6-8-10;1-10(2)11-4-5-13-8-6-12(3)7-9-13;2*1-10(2,3)11-9-5-7-12(4)8-6-9;1-10(2)11-6-9-12-7-4-3-5-8-12;1-10(2,3)11-9-7-5-4-6-8-9/h5-10H2,1-4H3;2*10,12H,5-9H2,1-4H3;2*5-10H2,1-4H3;10,12H,4-9H2,1-3H3;10-11H,4-9H2,1-3H3;2*9,11H,5-8H2,1-4H3;10-11H,3-9H2,1-2H3;9,11H,4-8H2,1-3H3. The predicted octanol–water partition coefficient (Wildman–Crippen LogP) is 18.1. The van der Waals surface area contributed by atoms with Crippen molar-refractivity contribution >= 4 is 0 Å². The summed E-state index contributed by atoms with van der Waals surface area (Å²) < 4.78 is 5.70. The van der Waals surface area contributed by atoms with Gasteiger partial charge in [-0.1, -0.05) is 114 Å². The monoisotopic (exact) mass is 1960 g/mol. The zero-order valence-corrected chi connectivity index (χ0v) is 101. The summed E-state index contributed by atoms with van der Waals surface area (Å²) in [6.07, 6.45) is 31.9. The number of nitrogens with one attached hydrogen (secondary N) is 8. The maximum Gasteiger partial charge on any atom is 0.0600 e. The van der Waals surface area contributed by atoms with Crippen LogP contribution in [0.1, 0.15) is 362 Å². The van der Waals surface area contributed by atoms with Crippen molar-refractivity contribution in [3.8, 4) is 0 Å². The summed E-state index contributed by atoms with van der Waals surface area (Å²) in [5.74, 6) is 2.75. The predicted molar refractivity (Wildman–Crippen MR) is 613 cm³/mol. The number of nitrogens with zero attached hydrogens (tertiary/aromatic N) is 13. The van der Waals surface area contributed by atoms with Crippen molar-refractivity contribution in [2.75, 3.05) is 299 Å². The van der Waals surface area contributed by atoms with E-state index in [-0.39, 0.29) is 27.8 Å². The lowest BCUT2D eigenvalue weighted by molar-refractivity contribution is -0.0169. The Morgan fingerprint density at radius 2 is 0.457 bits per heavy atom. The molecule has 828 valence electrons. The number of ether oxygens (including phenoxy) is 1. The van der Waals surface area contributed by atoms with Crippen molar-refractivity contribution in [1.29, 1.82) is 0 Å². The maximum atomic E-state index is 5.70. The number of rotatable bonds is 24. The van der Waals surface area contributed by atoms with Gasteiger partial charge in [-0.2, -0.15) is 0 Å². The van der Waals surface area contributed by atoms with Gasteiger partial charge in [0.1, 0.15) is 0 Å². The highest BCUT2D eigenvalue weighted by molar-refractivity contribution is 4.87. The maximum absolute atomic E-state index is 5.70. The summed E-state index contributed by atoms with van der Waals surface area (Å²) >= 11 is 0. The van der Waals surface area contributed by atoms with Crippen LogP contribution in [0.25, 0.3) is 0 Å². The molecule has 11 aliphatic rings. The SMILES string of the molecule is CC(C)(C)NC1CCCCC1.CC(C)(C)NCC1CCCCC1.CC(C)NCCN1CCCCC1.CC(C)NCCN1CCN(C)CC1.CN1CCC(CNC(C)(C)C)CC1.CN1CCC(CNC(C)(C)C)CC1.CN1CCC(NC(C)(C)C)CC1.CN1CCC(NC(C)(C)C)CC1.CN1CCN(CCC(C)(C)C)CC1.CN1CCN(CCC(C)(C)C)CC1.CN1CCN(CCOC(C)(C)C)CC1. The van der Waals surface area contributed by atoms with Crippen LogP contribution in [0.15, 0.2) is 0 Å². The highest BCUT2D eigenvalue weighted by atomic mass is 16.5. The van der Waals surface area contributed by atoms with Crippen molar-refractivity contribution in [3.63, 3.8) is 0 Å². The van der Waals surface area contributed by atoms with Crippen LogP contribution >= 0.6 is 0 Å². The van der Waals surface area contributed by atoms with E-state index in [9.17, 15) is 0 Å². The minimum absolute atomic E-state index is 0.00653. The van der Waals surface area contributed by atoms with E-state index in [1.807, 2.05) is 0 Å². The second-order valence-corrected chi connectivity index (χ2v) is 54.8. The molecule has 0 atom stereocenters. The van der Waals surface area contributed by atoms with Crippen LogP contribution in [-0.2, 0) is 4.74 Å². The summed E-state index contributed by atoms with van der Waals surface area (Å²) in [6, 6.07) is 3.52. The van der Waals surface area contributed by atoms with Crippen LogP contribution in [-0.4, -0.2) is 431 Å². The minimum Gasteiger partial charge on any atom is -0.375 e. The molecule has 2 aliphatic carbocycles. The van der Waals surface area contributed by atoms with Crippen molar-refractivity contribution in [2.24, 2.45) is 28.6 Å². The quantitative estimate of drug-likeness (QED) is 0.0463. The fraction of sp³-hybridized carbons (Fsp3) is 1.00. The van der Waals surface area contributed by atoms with Crippen LogP contribution in [0.3, 0.4) is 0 Å². The van der Waals surface area contributed by atoms with E-state index in [0.29, 0.717) is 34.0 Å². The molecule has 11 fully saturated rings. The van der Waals surface area contributed by atoms with Crippen molar-refractivity contribution < 1.29 is 4.74 Å². The number of likely N-dealkylation sites (N-methyl/N-ethyl adjacent to an activating group) is 4. The number of piperidine rings is 5. The molecule has 0 aromatic carbocycles. The Hall–Kier alpha value is -0.880. The molecule has 2 saturated carbocycles. The number of hydrogen-bond acceptors (Lipinski definition) is 22. The molecule has 138 heavy (non-hydrogen) atoms. The first-order valence-corrected chi connectivity index (χ1v) is 57.7. The molecule has 0 spiro atoms. The Balaban J connectivity index is 0.000000759. The van der Waals surface area contributed by atoms with Gasteiger partial charge < -0.3 is 101 Å². The average Bonchev–Trinajstić information content (AvgIpc) is 0.896. The Kier molecular flexibility index (Phi) is 71.0. The first kappa shape index (κ1) is 135. The van der Waals surface area contributed by atoms with Gasteiger partial charge in [0.05, 0.1) is 12.2 Å². The average molecular weight is 1960 g/mol. The second-order valence-electron chi connectivity index (χ2n) is 54.8. The Morgan fingerprint density at radius 3 is 0.710 bits per heavy atom. The summed E-state index contributed by atoms with van der Waals surface area (Å²) in [6.45, 7) is 115. The highest BCUT2D eigenvalue weighted by Gasteiger charge is 2.28. The number of hydrogen-bond donors (Lipinski definition) is 8. The fourth-order valence-corrected chi connectivity index (χ4v) is 18.6. The van der Waals surface area contributed by atoms with Crippen molar-refractivity contribution in [2.45, 2.75) is 431 Å². The van der Waals surface area contributed by atoms with Crippen LogP contribution < -0.4 is 42.5 Å². The summed E-state index contributed by atoms with van der Waals surface area (Å²) in [5.41, 5.74) is 2.71. The second kappa shape index (κ2) is 72.5. The lowest BCUT2D eigenvalue weighted by Gasteiger charge is -2.34. The van der Waals surface area contributed by atoms with Gasteiger partial charge in [0.15, 0.2) is 0 Å². The van der Waals surface area contributed by atoms with E-state index >= 15 is 0 Å². The zero-order valence-electron chi connectivity index (χ0n) is 101. The van der Waals surface area contributed by atoms with Gasteiger partial charge >= 0.3 is 0 Å². The van der Waals surface area contributed by atoms with E-state index in [2.05, 4.69) is 377 Å². The van der Waals surface area contributed by atoms with E-state index in [0.717, 1.165) is 62.1 Å². The van der Waals surface area contributed by atoms with Gasteiger partial charge in [-0.3, -0.25) is 9.80 Å². The zero-order chi connectivity index (χ0) is 104. The molecule has 0 unspecified atom stereocenters. The number of likely N-dealkylation sites (tertiary alicyclic amines) is 5. The molecule has 9 heterocycles. The first-order chi connectivity index (χ1) is 63.9. The van der Waals surface area contributed by atoms with Gasteiger partial charge in [0.25, 0.3) is 0 Å². The summed E-state index contributed by atoms with van der Waals surface area (Å²) in [5, 5.41) is 28.6. The van der Waals surface area contributed by atoms with E-state index in [1.54, 1.807) is 0 Å². The van der Waals surface area contributed by atoms with Crippen LogP contribution in [0.2, 0.25) is 0 Å². The smallest absolute Gasteiger partial charge is 0.0600 e. The van der Waals surface area contributed by atoms with Gasteiger partial charge in [0, 0.05) is 201 Å². The van der Waals surface area contributed by atoms with E-state index in [4.69, 9.17) is 4.74 Å². The molecule has 0 amide bonds. The summed E-state index contributed by atoms with van der Waals surface area (Å²) in [4.78, 5) is 32.0. The molecule has 22 heteroatoms. The highest BCUT2D eigenvalue weighted by Crippen LogP contribution is 2.26. The van der Waals surface area contributed by atoms with Crippen molar-refractivity contribution in [3.05, 3.63) is 0 Å². The Labute approximate surface area is 864 Å². The lowest BCUT2D eigenvalue weighted by Crippen LogP contribution is -2.48. The van der Waals surface area contributed by atoms with Crippen molar-refractivity contribution in [1.82, 2.24) is 106 Å². The topological polar surface area (TPSA) is 148 Å². The van der Waals surface area contributed by atoms with Gasteiger partial charge in [-0.05, 0) is 431 Å². The molecular weight excluding hydrogens is 1700 g/mol. The normalized spacial score (nSPS) is 21.9. The molecule has 0 aromatic rings. The minimum atomic E-state index is 0.00653. The lowest BCUT2D eigenvalue weighted by atomic mass is 9.89. The molecule has 9 aliphatic heterocycles.